The highest BCUT2D eigenvalue weighted by Crippen LogP contribution is 2.26. The third-order valence-corrected chi connectivity index (χ3v) is 5.43. The van der Waals surface area contributed by atoms with Crippen LogP contribution < -0.4 is 10.1 Å². The van der Waals surface area contributed by atoms with Crippen molar-refractivity contribution in [3.63, 3.8) is 0 Å². The van der Waals surface area contributed by atoms with E-state index in [2.05, 4.69) is 10.2 Å². The number of hydrogen-bond acceptors (Lipinski definition) is 4. The topological polar surface area (TPSA) is 61.9 Å². The quantitative estimate of drug-likeness (QED) is 0.817. The van der Waals surface area contributed by atoms with E-state index in [9.17, 15) is 9.59 Å². The van der Waals surface area contributed by atoms with Crippen molar-refractivity contribution < 1.29 is 14.3 Å². The summed E-state index contributed by atoms with van der Waals surface area (Å²) in [4.78, 5) is 29.4. The van der Waals surface area contributed by atoms with Gasteiger partial charge in [-0.1, -0.05) is 30.3 Å². The number of hydrogen-bond donors (Lipinski definition) is 1. The fourth-order valence-electron chi connectivity index (χ4n) is 3.56. The SMILES string of the molecule is COc1ccc(NC(=O)CN2CCN(C(=O)C(C)(C)c3ccccc3)CC2)cc1. The van der Waals surface area contributed by atoms with Gasteiger partial charge in [-0.2, -0.15) is 0 Å². The van der Waals surface area contributed by atoms with Crippen molar-refractivity contribution in [3.05, 3.63) is 60.2 Å². The van der Waals surface area contributed by atoms with Gasteiger partial charge in [0.15, 0.2) is 0 Å². The van der Waals surface area contributed by atoms with Gasteiger partial charge in [0.05, 0.1) is 19.1 Å². The molecule has 6 heteroatoms. The van der Waals surface area contributed by atoms with Gasteiger partial charge in [0.2, 0.25) is 11.8 Å². The van der Waals surface area contributed by atoms with E-state index in [1.165, 1.54) is 0 Å². The first-order chi connectivity index (χ1) is 13.9. The number of amides is 2. The third-order valence-electron chi connectivity index (χ3n) is 5.43. The number of nitrogens with zero attached hydrogens (tertiary/aromatic N) is 2. The fraction of sp³-hybridized carbons (Fsp3) is 0.391. The van der Waals surface area contributed by atoms with Gasteiger partial charge in [-0.3, -0.25) is 14.5 Å². The van der Waals surface area contributed by atoms with Crippen molar-refractivity contribution in [2.24, 2.45) is 0 Å². The normalized spacial score (nSPS) is 15.1. The van der Waals surface area contributed by atoms with E-state index < -0.39 is 5.41 Å². The van der Waals surface area contributed by atoms with Crippen LogP contribution in [0, 0.1) is 0 Å². The monoisotopic (exact) mass is 395 g/mol. The molecule has 1 aliphatic rings. The smallest absolute Gasteiger partial charge is 0.238 e. The Labute approximate surface area is 172 Å². The lowest BCUT2D eigenvalue weighted by molar-refractivity contribution is -0.138. The molecule has 1 heterocycles. The predicted octanol–water partition coefficient (Wildman–Crippen LogP) is 2.76. The molecular weight excluding hydrogens is 366 g/mol. The van der Waals surface area contributed by atoms with Crippen LogP contribution >= 0.6 is 0 Å². The van der Waals surface area contributed by atoms with E-state index in [0.717, 1.165) is 17.0 Å². The zero-order valence-corrected chi connectivity index (χ0v) is 17.4. The van der Waals surface area contributed by atoms with E-state index >= 15 is 0 Å². The molecule has 0 saturated carbocycles. The molecule has 2 amide bonds. The molecule has 0 radical (unpaired) electrons. The largest absolute Gasteiger partial charge is 0.497 e. The minimum absolute atomic E-state index is 0.0560. The molecule has 6 nitrogen and oxygen atoms in total. The van der Waals surface area contributed by atoms with Crippen molar-refractivity contribution in [1.29, 1.82) is 0 Å². The lowest BCUT2D eigenvalue weighted by Gasteiger charge is -2.38. The zero-order valence-electron chi connectivity index (χ0n) is 17.4. The van der Waals surface area contributed by atoms with E-state index in [4.69, 9.17) is 4.74 Å². The summed E-state index contributed by atoms with van der Waals surface area (Å²) in [7, 11) is 1.61. The Hall–Kier alpha value is -2.86. The Morgan fingerprint density at radius 2 is 1.59 bits per heavy atom. The van der Waals surface area contributed by atoms with Gasteiger partial charge >= 0.3 is 0 Å². The first-order valence-corrected chi connectivity index (χ1v) is 9.91. The van der Waals surface area contributed by atoms with Crippen LogP contribution in [-0.4, -0.2) is 61.4 Å². The summed E-state index contributed by atoms with van der Waals surface area (Å²) in [6, 6.07) is 17.1. The van der Waals surface area contributed by atoms with Crippen LogP contribution in [0.5, 0.6) is 5.75 Å². The molecule has 2 aromatic carbocycles. The molecule has 0 aromatic heterocycles. The average Bonchev–Trinajstić information content (AvgIpc) is 2.75. The molecular formula is C23H29N3O3. The summed E-state index contributed by atoms with van der Waals surface area (Å²) in [5.41, 5.74) is 1.20. The maximum Gasteiger partial charge on any atom is 0.238 e. The number of anilines is 1. The average molecular weight is 396 g/mol. The number of benzene rings is 2. The molecule has 1 fully saturated rings. The van der Waals surface area contributed by atoms with Crippen molar-refractivity contribution in [2.45, 2.75) is 19.3 Å². The van der Waals surface area contributed by atoms with E-state index in [1.54, 1.807) is 7.11 Å². The summed E-state index contributed by atoms with van der Waals surface area (Å²) < 4.78 is 5.12. The van der Waals surface area contributed by atoms with Gasteiger partial charge in [0.1, 0.15) is 5.75 Å². The molecule has 29 heavy (non-hydrogen) atoms. The number of ether oxygens (including phenoxy) is 1. The Morgan fingerprint density at radius 3 is 2.17 bits per heavy atom. The summed E-state index contributed by atoms with van der Waals surface area (Å²) in [5.74, 6) is 0.827. The maximum absolute atomic E-state index is 13.1. The zero-order chi connectivity index (χ0) is 20.9. The van der Waals surface area contributed by atoms with Crippen molar-refractivity contribution in [1.82, 2.24) is 9.80 Å². The predicted molar refractivity (Wildman–Crippen MR) is 114 cm³/mol. The molecule has 0 spiro atoms. The standard InChI is InChI=1S/C23H29N3O3/c1-23(2,18-7-5-4-6-8-18)22(28)26-15-13-25(14-16-26)17-21(27)24-19-9-11-20(29-3)12-10-19/h4-12H,13-17H2,1-3H3,(H,24,27). The van der Waals surface area contributed by atoms with Gasteiger partial charge in [-0.05, 0) is 43.7 Å². The number of piperazine rings is 1. The van der Waals surface area contributed by atoms with Gasteiger partial charge in [0.25, 0.3) is 0 Å². The molecule has 3 rings (SSSR count). The van der Waals surface area contributed by atoms with Gasteiger partial charge < -0.3 is 15.0 Å². The summed E-state index contributed by atoms with van der Waals surface area (Å²) in [5, 5.41) is 2.90. The van der Waals surface area contributed by atoms with E-state index in [0.29, 0.717) is 32.7 Å². The number of carbonyl (C=O) groups excluding carboxylic acids is 2. The number of rotatable bonds is 6. The minimum Gasteiger partial charge on any atom is -0.497 e. The summed E-state index contributed by atoms with van der Waals surface area (Å²) in [6.07, 6.45) is 0. The van der Waals surface area contributed by atoms with Crippen LogP contribution in [0.15, 0.2) is 54.6 Å². The highest BCUT2D eigenvalue weighted by atomic mass is 16.5. The molecule has 1 N–H and O–H groups in total. The molecule has 154 valence electrons. The first kappa shape index (κ1) is 20.9. The number of nitrogens with one attached hydrogen (secondary N) is 1. The maximum atomic E-state index is 13.1. The third kappa shape index (κ3) is 5.15. The van der Waals surface area contributed by atoms with Crippen LogP contribution in [0.25, 0.3) is 0 Å². The lowest BCUT2D eigenvalue weighted by Crippen LogP contribution is -2.54. The first-order valence-electron chi connectivity index (χ1n) is 9.91. The molecule has 0 unspecified atom stereocenters. The van der Waals surface area contributed by atoms with Gasteiger partial charge in [0, 0.05) is 31.9 Å². The Bertz CT molecular complexity index is 826. The molecule has 0 atom stereocenters. The van der Waals surface area contributed by atoms with E-state index in [1.807, 2.05) is 73.3 Å². The fourth-order valence-corrected chi connectivity index (χ4v) is 3.56. The van der Waals surface area contributed by atoms with E-state index in [-0.39, 0.29) is 11.8 Å². The molecule has 0 bridgehead atoms. The van der Waals surface area contributed by atoms with Crippen LogP contribution in [0.3, 0.4) is 0 Å². The summed E-state index contributed by atoms with van der Waals surface area (Å²) in [6.45, 7) is 6.89. The second-order valence-corrected chi connectivity index (χ2v) is 7.84. The second-order valence-electron chi connectivity index (χ2n) is 7.84. The Morgan fingerprint density at radius 1 is 0.966 bits per heavy atom. The second kappa shape index (κ2) is 9.09. The lowest BCUT2D eigenvalue weighted by atomic mass is 9.83. The van der Waals surface area contributed by atoms with Crippen molar-refractivity contribution in [2.75, 3.05) is 45.2 Å². The van der Waals surface area contributed by atoms with Gasteiger partial charge in [-0.25, -0.2) is 0 Å². The highest BCUT2D eigenvalue weighted by molar-refractivity contribution is 5.92. The Kier molecular flexibility index (Phi) is 6.54. The molecule has 1 aliphatic heterocycles. The summed E-state index contributed by atoms with van der Waals surface area (Å²) >= 11 is 0. The molecule has 0 aliphatic carbocycles. The van der Waals surface area contributed by atoms with Crippen LogP contribution in [0.1, 0.15) is 19.4 Å². The van der Waals surface area contributed by atoms with Crippen molar-refractivity contribution in [3.8, 4) is 5.75 Å². The molecule has 2 aromatic rings. The molecule has 1 saturated heterocycles. The number of carbonyl (C=O) groups is 2. The van der Waals surface area contributed by atoms with Crippen molar-refractivity contribution >= 4 is 17.5 Å². The highest BCUT2D eigenvalue weighted by Gasteiger charge is 2.35. The van der Waals surface area contributed by atoms with Crippen LogP contribution in [-0.2, 0) is 15.0 Å². The van der Waals surface area contributed by atoms with Gasteiger partial charge in [-0.15, -0.1) is 0 Å². The van der Waals surface area contributed by atoms with Crippen LogP contribution in [0.2, 0.25) is 0 Å². The van der Waals surface area contributed by atoms with Crippen LogP contribution in [0.4, 0.5) is 5.69 Å². The minimum atomic E-state index is -0.560. The Balaban J connectivity index is 1.49. The number of methoxy groups -OCH3 is 1.